The zero-order chi connectivity index (χ0) is 14.0. The Kier molecular flexibility index (Phi) is 4.43. The van der Waals surface area contributed by atoms with Gasteiger partial charge in [-0.25, -0.2) is 0 Å². The van der Waals surface area contributed by atoms with Crippen molar-refractivity contribution in [2.24, 2.45) is 5.92 Å². The molecule has 20 heavy (non-hydrogen) atoms. The summed E-state index contributed by atoms with van der Waals surface area (Å²) >= 11 is 1.80. The molecule has 0 radical (unpaired) electrons. The quantitative estimate of drug-likeness (QED) is 0.923. The van der Waals surface area contributed by atoms with Crippen LogP contribution in [0.25, 0.3) is 0 Å². The molecule has 1 aliphatic carbocycles. The average Bonchev–Trinajstić information content (AvgIpc) is 3.05. The molecule has 1 atom stereocenters. The first-order valence-corrected chi connectivity index (χ1v) is 8.92. The summed E-state index contributed by atoms with van der Waals surface area (Å²) < 4.78 is 0. The molecule has 1 N–H and O–H groups in total. The first kappa shape index (κ1) is 14.5. The summed E-state index contributed by atoms with van der Waals surface area (Å²) in [6.07, 6.45) is 8.87. The van der Waals surface area contributed by atoms with Crippen LogP contribution in [0.15, 0.2) is 11.7 Å². The fraction of sp³-hybridized carbons (Fsp3) is 0.812. The third-order valence-corrected chi connectivity index (χ3v) is 5.72. The van der Waals surface area contributed by atoms with Crippen LogP contribution in [-0.4, -0.2) is 34.6 Å². The lowest BCUT2D eigenvalue weighted by molar-refractivity contribution is 0.0323. The Morgan fingerprint density at radius 3 is 2.90 bits per heavy atom. The van der Waals surface area contributed by atoms with Crippen molar-refractivity contribution in [1.82, 2.24) is 15.2 Å². The predicted molar refractivity (Wildman–Crippen MR) is 85.0 cm³/mol. The minimum absolute atomic E-state index is 0.428. The molecule has 1 aromatic heterocycles. The third-order valence-electron chi connectivity index (χ3n) is 4.95. The summed E-state index contributed by atoms with van der Waals surface area (Å²) in [5.74, 6) is 0.774. The van der Waals surface area contributed by atoms with Gasteiger partial charge in [-0.15, -0.1) is 11.3 Å². The summed E-state index contributed by atoms with van der Waals surface area (Å²) in [6.45, 7) is 8.14. The standard InChI is InChI=1S/C16H27N3S/c1-13(2)7-14-9-19(10-15-8-17-12-20-15)16(11-18-14)5-3-4-6-16/h8,12-14,18H,3-7,9-11H2,1-2H3. The van der Waals surface area contributed by atoms with Gasteiger partial charge in [0.1, 0.15) is 0 Å². The maximum Gasteiger partial charge on any atom is 0.0794 e. The highest BCUT2D eigenvalue weighted by atomic mass is 32.1. The maximum absolute atomic E-state index is 4.25. The highest BCUT2D eigenvalue weighted by Gasteiger charge is 2.43. The van der Waals surface area contributed by atoms with Gasteiger partial charge in [-0.2, -0.15) is 0 Å². The maximum atomic E-state index is 4.25. The number of aromatic nitrogens is 1. The highest BCUT2D eigenvalue weighted by molar-refractivity contribution is 7.09. The van der Waals surface area contributed by atoms with Gasteiger partial charge in [-0.05, 0) is 25.2 Å². The van der Waals surface area contributed by atoms with Gasteiger partial charge in [-0.1, -0.05) is 26.7 Å². The van der Waals surface area contributed by atoms with Crippen LogP contribution >= 0.6 is 11.3 Å². The van der Waals surface area contributed by atoms with Crippen molar-refractivity contribution in [3.8, 4) is 0 Å². The van der Waals surface area contributed by atoms with Gasteiger partial charge in [0.2, 0.25) is 0 Å². The van der Waals surface area contributed by atoms with Crippen molar-refractivity contribution in [2.75, 3.05) is 13.1 Å². The van der Waals surface area contributed by atoms with Crippen LogP contribution in [0.5, 0.6) is 0 Å². The monoisotopic (exact) mass is 293 g/mol. The molecular formula is C16H27N3S. The summed E-state index contributed by atoms with van der Waals surface area (Å²) in [5.41, 5.74) is 2.39. The normalized spacial score (nSPS) is 26.6. The molecular weight excluding hydrogens is 266 g/mol. The van der Waals surface area contributed by atoms with Crippen molar-refractivity contribution < 1.29 is 0 Å². The lowest BCUT2D eigenvalue weighted by atomic mass is 9.89. The lowest BCUT2D eigenvalue weighted by Gasteiger charge is -2.48. The number of nitrogens with zero attached hydrogens (tertiary/aromatic N) is 2. The average molecular weight is 293 g/mol. The number of hydrogen-bond donors (Lipinski definition) is 1. The number of thiazole rings is 1. The molecule has 1 aromatic rings. The Hall–Kier alpha value is -0.450. The van der Waals surface area contributed by atoms with Crippen molar-refractivity contribution >= 4 is 11.3 Å². The van der Waals surface area contributed by atoms with Crippen molar-refractivity contribution in [2.45, 2.75) is 64.1 Å². The summed E-state index contributed by atoms with van der Waals surface area (Å²) in [6, 6.07) is 0.661. The molecule has 4 heteroatoms. The molecule has 0 aromatic carbocycles. The van der Waals surface area contributed by atoms with Gasteiger partial charge in [0, 0.05) is 42.3 Å². The second-order valence-electron chi connectivity index (χ2n) is 6.99. The van der Waals surface area contributed by atoms with E-state index in [1.54, 1.807) is 11.3 Å². The van der Waals surface area contributed by atoms with Crippen LogP contribution in [0.4, 0.5) is 0 Å². The van der Waals surface area contributed by atoms with E-state index in [1.165, 1.54) is 50.1 Å². The van der Waals surface area contributed by atoms with Crippen LogP contribution in [0.2, 0.25) is 0 Å². The van der Waals surface area contributed by atoms with E-state index in [1.807, 2.05) is 11.7 Å². The Balaban J connectivity index is 1.72. The molecule has 2 heterocycles. The van der Waals surface area contributed by atoms with E-state index >= 15 is 0 Å². The molecule has 0 bridgehead atoms. The van der Waals surface area contributed by atoms with E-state index < -0.39 is 0 Å². The Morgan fingerprint density at radius 2 is 2.25 bits per heavy atom. The lowest BCUT2D eigenvalue weighted by Crippen LogP contribution is -2.63. The number of piperazine rings is 1. The first-order valence-electron chi connectivity index (χ1n) is 8.04. The van der Waals surface area contributed by atoms with E-state index in [4.69, 9.17) is 0 Å². The van der Waals surface area contributed by atoms with Gasteiger partial charge >= 0.3 is 0 Å². The summed E-state index contributed by atoms with van der Waals surface area (Å²) in [7, 11) is 0. The van der Waals surface area contributed by atoms with E-state index in [-0.39, 0.29) is 0 Å². The zero-order valence-electron chi connectivity index (χ0n) is 12.8. The van der Waals surface area contributed by atoms with Gasteiger partial charge in [0.05, 0.1) is 5.51 Å². The molecule has 2 fully saturated rings. The molecule has 1 unspecified atom stereocenters. The van der Waals surface area contributed by atoms with E-state index in [2.05, 4.69) is 29.0 Å². The van der Waals surface area contributed by atoms with Gasteiger partial charge in [0.15, 0.2) is 0 Å². The molecule has 2 aliphatic rings. The van der Waals surface area contributed by atoms with Crippen molar-refractivity contribution in [1.29, 1.82) is 0 Å². The van der Waals surface area contributed by atoms with Crippen molar-refractivity contribution in [3.05, 3.63) is 16.6 Å². The van der Waals surface area contributed by atoms with Crippen LogP contribution in [0, 0.1) is 5.92 Å². The zero-order valence-corrected chi connectivity index (χ0v) is 13.6. The molecule has 1 saturated carbocycles. The molecule has 1 aliphatic heterocycles. The van der Waals surface area contributed by atoms with Gasteiger partial charge in [0.25, 0.3) is 0 Å². The van der Waals surface area contributed by atoms with Crippen LogP contribution in [-0.2, 0) is 6.54 Å². The number of rotatable bonds is 4. The Morgan fingerprint density at radius 1 is 1.45 bits per heavy atom. The van der Waals surface area contributed by atoms with E-state index in [9.17, 15) is 0 Å². The molecule has 112 valence electrons. The molecule has 3 rings (SSSR count). The largest absolute Gasteiger partial charge is 0.311 e. The van der Waals surface area contributed by atoms with E-state index in [0.717, 1.165) is 12.5 Å². The van der Waals surface area contributed by atoms with Gasteiger partial charge in [-0.3, -0.25) is 9.88 Å². The second-order valence-corrected chi connectivity index (χ2v) is 7.96. The fourth-order valence-electron chi connectivity index (χ4n) is 3.96. The van der Waals surface area contributed by atoms with Gasteiger partial charge < -0.3 is 5.32 Å². The van der Waals surface area contributed by atoms with Crippen molar-refractivity contribution in [3.63, 3.8) is 0 Å². The topological polar surface area (TPSA) is 28.2 Å². The second kappa shape index (κ2) is 6.12. The fourth-order valence-corrected chi connectivity index (χ4v) is 4.57. The summed E-state index contributed by atoms with van der Waals surface area (Å²) in [5, 5.41) is 3.84. The molecule has 3 nitrogen and oxygen atoms in total. The van der Waals surface area contributed by atoms with E-state index in [0.29, 0.717) is 11.6 Å². The Bertz CT molecular complexity index is 409. The molecule has 1 saturated heterocycles. The van der Waals surface area contributed by atoms with Crippen LogP contribution in [0.3, 0.4) is 0 Å². The van der Waals surface area contributed by atoms with Crippen LogP contribution < -0.4 is 5.32 Å². The van der Waals surface area contributed by atoms with Crippen LogP contribution in [0.1, 0.15) is 50.8 Å². The number of hydrogen-bond acceptors (Lipinski definition) is 4. The summed E-state index contributed by atoms with van der Waals surface area (Å²) in [4.78, 5) is 8.44. The predicted octanol–water partition coefficient (Wildman–Crippen LogP) is 3.28. The number of nitrogens with one attached hydrogen (secondary N) is 1. The minimum Gasteiger partial charge on any atom is -0.311 e. The SMILES string of the molecule is CC(C)CC1CN(Cc2cncs2)C2(CCCC2)CN1. The highest BCUT2D eigenvalue weighted by Crippen LogP contribution is 2.38. The molecule has 0 amide bonds. The third kappa shape index (κ3) is 3.07. The Labute approximate surface area is 126 Å². The first-order chi connectivity index (χ1) is 9.68. The molecule has 1 spiro atoms. The minimum atomic E-state index is 0.428. The smallest absolute Gasteiger partial charge is 0.0794 e.